The average Bonchev–Trinajstić information content (AvgIpc) is 2.52. The highest BCUT2D eigenvalue weighted by atomic mass is 79.9. The standard InChI is InChI=1S/C17H17BrO3/c1-3-12-7-8-16(17(9-12)20-2)21-11-15(19)13-5-4-6-14(18)10-13/h4-10H,3,11H2,1-2H3. The van der Waals surface area contributed by atoms with Gasteiger partial charge >= 0.3 is 0 Å². The molecule has 4 heteroatoms. The SMILES string of the molecule is CCc1ccc(OCC(=O)c2cccc(Br)c2)c(OC)c1. The van der Waals surface area contributed by atoms with Gasteiger partial charge in [0.1, 0.15) is 0 Å². The molecule has 0 saturated heterocycles. The molecule has 2 aromatic carbocycles. The molecule has 0 aliphatic carbocycles. The third kappa shape index (κ3) is 4.08. The predicted molar refractivity (Wildman–Crippen MR) is 86.3 cm³/mol. The van der Waals surface area contributed by atoms with Crippen LogP contribution < -0.4 is 9.47 Å². The maximum atomic E-state index is 12.1. The lowest BCUT2D eigenvalue weighted by Crippen LogP contribution is -2.12. The first-order valence-electron chi connectivity index (χ1n) is 6.72. The molecule has 0 bridgehead atoms. The van der Waals surface area contributed by atoms with E-state index >= 15 is 0 Å². The van der Waals surface area contributed by atoms with Gasteiger partial charge in [-0.25, -0.2) is 0 Å². The summed E-state index contributed by atoms with van der Waals surface area (Å²) in [7, 11) is 1.60. The molecule has 0 amide bonds. The monoisotopic (exact) mass is 348 g/mol. The van der Waals surface area contributed by atoms with E-state index in [4.69, 9.17) is 9.47 Å². The largest absolute Gasteiger partial charge is 0.493 e. The van der Waals surface area contributed by atoms with E-state index in [1.807, 2.05) is 30.3 Å². The van der Waals surface area contributed by atoms with E-state index < -0.39 is 0 Å². The zero-order valence-electron chi connectivity index (χ0n) is 12.1. The van der Waals surface area contributed by atoms with Crippen LogP contribution in [-0.4, -0.2) is 19.5 Å². The lowest BCUT2D eigenvalue weighted by molar-refractivity contribution is 0.0919. The quantitative estimate of drug-likeness (QED) is 0.730. The fourth-order valence-electron chi connectivity index (χ4n) is 1.94. The van der Waals surface area contributed by atoms with Crippen LogP contribution in [0.3, 0.4) is 0 Å². The van der Waals surface area contributed by atoms with E-state index in [9.17, 15) is 4.79 Å². The second kappa shape index (κ2) is 7.27. The van der Waals surface area contributed by atoms with Gasteiger partial charge in [-0.05, 0) is 36.2 Å². The average molecular weight is 349 g/mol. The maximum Gasteiger partial charge on any atom is 0.200 e. The van der Waals surface area contributed by atoms with Crippen LogP contribution in [-0.2, 0) is 6.42 Å². The van der Waals surface area contributed by atoms with Crippen LogP contribution in [0.25, 0.3) is 0 Å². The topological polar surface area (TPSA) is 35.5 Å². The third-order valence-corrected chi connectivity index (χ3v) is 3.63. The minimum Gasteiger partial charge on any atom is -0.493 e. The number of hydrogen-bond acceptors (Lipinski definition) is 3. The van der Waals surface area contributed by atoms with Crippen molar-refractivity contribution in [2.45, 2.75) is 13.3 Å². The van der Waals surface area contributed by atoms with E-state index in [0.717, 1.165) is 16.5 Å². The van der Waals surface area contributed by atoms with Gasteiger partial charge in [-0.2, -0.15) is 0 Å². The molecule has 0 aliphatic heterocycles. The van der Waals surface area contributed by atoms with Crippen molar-refractivity contribution < 1.29 is 14.3 Å². The number of carbonyl (C=O) groups is 1. The molecule has 0 aliphatic rings. The minimum absolute atomic E-state index is 0.0156. The summed E-state index contributed by atoms with van der Waals surface area (Å²) < 4.78 is 11.8. The Hall–Kier alpha value is -1.81. The molecular formula is C17H17BrO3. The fourth-order valence-corrected chi connectivity index (χ4v) is 2.34. The van der Waals surface area contributed by atoms with Crippen molar-refractivity contribution in [3.8, 4) is 11.5 Å². The van der Waals surface area contributed by atoms with Gasteiger partial charge in [0.15, 0.2) is 23.9 Å². The number of aryl methyl sites for hydroxylation is 1. The number of halogens is 1. The Balaban J connectivity index is 2.07. The predicted octanol–water partition coefficient (Wildman–Crippen LogP) is 4.28. The van der Waals surface area contributed by atoms with Crippen molar-refractivity contribution in [2.75, 3.05) is 13.7 Å². The van der Waals surface area contributed by atoms with Gasteiger partial charge in [0.05, 0.1) is 7.11 Å². The molecule has 2 aromatic rings. The number of rotatable bonds is 6. The van der Waals surface area contributed by atoms with Gasteiger partial charge < -0.3 is 9.47 Å². The molecule has 21 heavy (non-hydrogen) atoms. The zero-order valence-corrected chi connectivity index (χ0v) is 13.6. The van der Waals surface area contributed by atoms with Crippen molar-refractivity contribution in [3.05, 3.63) is 58.1 Å². The van der Waals surface area contributed by atoms with Crippen LogP contribution in [0, 0.1) is 0 Å². The smallest absolute Gasteiger partial charge is 0.200 e. The molecule has 0 unspecified atom stereocenters. The summed E-state index contributed by atoms with van der Waals surface area (Å²) in [5.41, 5.74) is 1.78. The molecule has 0 saturated carbocycles. The van der Waals surface area contributed by atoms with Crippen molar-refractivity contribution in [2.24, 2.45) is 0 Å². The van der Waals surface area contributed by atoms with Crippen LogP contribution >= 0.6 is 15.9 Å². The molecule has 2 rings (SSSR count). The molecule has 0 spiro atoms. The Morgan fingerprint density at radius 2 is 1.95 bits per heavy atom. The van der Waals surface area contributed by atoms with Gasteiger partial charge in [-0.15, -0.1) is 0 Å². The van der Waals surface area contributed by atoms with E-state index in [-0.39, 0.29) is 12.4 Å². The van der Waals surface area contributed by atoms with Crippen LogP contribution in [0.5, 0.6) is 11.5 Å². The van der Waals surface area contributed by atoms with Crippen molar-refractivity contribution >= 4 is 21.7 Å². The second-order valence-corrected chi connectivity index (χ2v) is 5.48. The number of carbonyl (C=O) groups excluding carboxylic acids is 1. The Labute approximate surface area is 133 Å². The lowest BCUT2D eigenvalue weighted by Gasteiger charge is -2.11. The molecule has 0 heterocycles. The van der Waals surface area contributed by atoms with E-state index in [2.05, 4.69) is 22.9 Å². The summed E-state index contributed by atoms with van der Waals surface area (Å²) in [6.07, 6.45) is 0.924. The summed E-state index contributed by atoms with van der Waals surface area (Å²) in [4.78, 5) is 12.1. The molecule has 0 N–H and O–H groups in total. The van der Waals surface area contributed by atoms with Gasteiger partial charge in [-0.1, -0.05) is 41.1 Å². The van der Waals surface area contributed by atoms with Crippen LogP contribution in [0.4, 0.5) is 0 Å². The normalized spacial score (nSPS) is 10.2. The molecule has 110 valence electrons. The second-order valence-electron chi connectivity index (χ2n) is 4.56. The van der Waals surface area contributed by atoms with Crippen LogP contribution in [0.2, 0.25) is 0 Å². The van der Waals surface area contributed by atoms with E-state index in [1.165, 1.54) is 0 Å². The van der Waals surface area contributed by atoms with Gasteiger partial charge in [-0.3, -0.25) is 4.79 Å². The summed E-state index contributed by atoms with van der Waals surface area (Å²) in [6, 6.07) is 13.0. The molecular weight excluding hydrogens is 332 g/mol. The highest BCUT2D eigenvalue weighted by Gasteiger charge is 2.10. The number of Topliss-reactive ketones (excluding diaryl/α,β-unsaturated/α-hetero) is 1. The van der Waals surface area contributed by atoms with Crippen molar-refractivity contribution in [1.82, 2.24) is 0 Å². The Kier molecular flexibility index (Phi) is 5.39. The summed E-state index contributed by atoms with van der Waals surface area (Å²) >= 11 is 3.35. The first kappa shape index (κ1) is 15.6. The summed E-state index contributed by atoms with van der Waals surface area (Å²) in [5, 5.41) is 0. The van der Waals surface area contributed by atoms with Crippen molar-refractivity contribution in [1.29, 1.82) is 0 Å². The highest BCUT2D eigenvalue weighted by molar-refractivity contribution is 9.10. The fraction of sp³-hybridized carbons (Fsp3) is 0.235. The third-order valence-electron chi connectivity index (χ3n) is 3.14. The van der Waals surface area contributed by atoms with Crippen LogP contribution in [0.1, 0.15) is 22.8 Å². The Bertz CT molecular complexity index is 638. The summed E-state index contributed by atoms with van der Waals surface area (Å²) in [6.45, 7) is 2.06. The molecule has 3 nitrogen and oxygen atoms in total. The van der Waals surface area contributed by atoms with Crippen LogP contribution in [0.15, 0.2) is 46.9 Å². The number of benzene rings is 2. The maximum absolute atomic E-state index is 12.1. The molecule has 0 fully saturated rings. The first-order valence-corrected chi connectivity index (χ1v) is 7.51. The Morgan fingerprint density at radius 1 is 1.14 bits per heavy atom. The lowest BCUT2D eigenvalue weighted by atomic mass is 10.1. The van der Waals surface area contributed by atoms with Gasteiger partial charge in [0, 0.05) is 10.0 Å². The number of ketones is 1. The molecule has 0 atom stereocenters. The number of hydrogen-bond donors (Lipinski definition) is 0. The van der Waals surface area contributed by atoms with E-state index in [1.54, 1.807) is 19.2 Å². The number of ether oxygens (including phenoxy) is 2. The van der Waals surface area contributed by atoms with E-state index in [0.29, 0.717) is 17.1 Å². The minimum atomic E-state index is -0.0714. The van der Waals surface area contributed by atoms with Gasteiger partial charge in [0.25, 0.3) is 0 Å². The molecule has 0 aromatic heterocycles. The summed E-state index contributed by atoms with van der Waals surface area (Å²) in [5.74, 6) is 1.16. The van der Waals surface area contributed by atoms with Crippen molar-refractivity contribution in [3.63, 3.8) is 0 Å². The number of methoxy groups -OCH3 is 1. The Morgan fingerprint density at radius 3 is 2.62 bits per heavy atom. The van der Waals surface area contributed by atoms with Gasteiger partial charge in [0.2, 0.25) is 0 Å². The highest BCUT2D eigenvalue weighted by Crippen LogP contribution is 2.28. The first-order chi connectivity index (χ1) is 10.1. The molecule has 0 radical (unpaired) electrons. The zero-order chi connectivity index (χ0) is 15.2.